The van der Waals surface area contributed by atoms with Crippen LogP contribution < -0.4 is 5.73 Å². The molecule has 10 nitrogen and oxygen atoms in total. The number of aliphatic hydroxyl groups excluding tert-OH is 3. The van der Waals surface area contributed by atoms with Crippen molar-refractivity contribution in [3.05, 3.63) is 12.7 Å². The Morgan fingerprint density at radius 3 is 2.81 bits per heavy atom. The fraction of sp³-hybridized carbons (Fsp3) is 0.545. The number of hydrogen-bond donors (Lipinski definition) is 4. The maximum Gasteiger partial charge on any atom is 0.222 e. The quantitative estimate of drug-likeness (QED) is 0.504. The first-order valence-electron chi connectivity index (χ1n) is 6.17. The maximum atomic E-state index is 10.2. The second-order valence-electron chi connectivity index (χ2n) is 4.70. The molecule has 1 aliphatic rings. The molecule has 5 N–H and O–H groups in total. The van der Waals surface area contributed by atoms with E-state index < -0.39 is 30.8 Å². The van der Waals surface area contributed by atoms with E-state index >= 15 is 0 Å². The van der Waals surface area contributed by atoms with Gasteiger partial charge in [-0.3, -0.25) is 4.57 Å². The molecule has 0 spiro atoms. The number of nitrogen functional groups attached to an aromatic ring is 1. The van der Waals surface area contributed by atoms with Crippen LogP contribution in [0, 0.1) is 0 Å². The molecule has 0 bridgehead atoms. The minimum absolute atomic E-state index is 0.187. The Balaban J connectivity index is 2.06. The highest BCUT2D eigenvalue weighted by Crippen LogP contribution is 2.38. The zero-order chi connectivity index (χ0) is 15.2. The van der Waals surface area contributed by atoms with Crippen molar-refractivity contribution in [1.29, 1.82) is 0 Å². The van der Waals surface area contributed by atoms with Crippen molar-refractivity contribution in [2.75, 3.05) is 19.5 Å². The van der Waals surface area contributed by atoms with Crippen LogP contribution in [0.3, 0.4) is 0 Å². The number of methoxy groups -OCH3 is 1. The van der Waals surface area contributed by atoms with Gasteiger partial charge in [0, 0.05) is 7.11 Å². The van der Waals surface area contributed by atoms with Gasteiger partial charge in [0.1, 0.15) is 30.7 Å². The SMILES string of the molecule is CO[C@]1(CO)OC(n2cnc3c(N)ncnc32)[C@H](O)[C@@H]1O. The average Bonchev–Trinajstić information content (AvgIpc) is 3.02. The summed E-state index contributed by atoms with van der Waals surface area (Å²) in [5, 5.41) is 29.6. The molecule has 0 aromatic carbocycles. The first-order valence-corrected chi connectivity index (χ1v) is 6.17. The highest BCUT2D eigenvalue weighted by molar-refractivity contribution is 5.81. The van der Waals surface area contributed by atoms with Crippen molar-refractivity contribution in [1.82, 2.24) is 19.5 Å². The van der Waals surface area contributed by atoms with Crippen LogP contribution in [0.2, 0.25) is 0 Å². The molecule has 2 aromatic heterocycles. The summed E-state index contributed by atoms with van der Waals surface area (Å²) in [6.45, 7) is -0.623. The average molecular weight is 297 g/mol. The van der Waals surface area contributed by atoms with E-state index in [1.165, 1.54) is 24.3 Å². The highest BCUT2D eigenvalue weighted by Gasteiger charge is 2.55. The number of rotatable bonds is 3. The topological polar surface area (TPSA) is 149 Å². The van der Waals surface area contributed by atoms with Crippen LogP contribution in [0.25, 0.3) is 11.2 Å². The van der Waals surface area contributed by atoms with Gasteiger partial charge in [0.2, 0.25) is 5.79 Å². The predicted molar refractivity (Wildman–Crippen MR) is 68.7 cm³/mol. The summed E-state index contributed by atoms with van der Waals surface area (Å²) in [5.74, 6) is -1.52. The van der Waals surface area contributed by atoms with Crippen LogP contribution in [0.4, 0.5) is 5.82 Å². The number of nitrogens with zero attached hydrogens (tertiary/aromatic N) is 4. The summed E-state index contributed by atoms with van der Waals surface area (Å²) < 4.78 is 11.9. The number of anilines is 1. The van der Waals surface area contributed by atoms with Gasteiger partial charge in [0.25, 0.3) is 0 Å². The minimum atomic E-state index is -1.71. The standard InChI is InChI=1S/C11H15N5O5/c1-20-11(2-17)7(19)6(18)10(21-11)16-4-15-5-8(12)13-3-14-9(5)16/h3-4,6-7,10,17-19H,2H2,1H3,(H2,12,13,14)/t6-,7+,10?,11-/m1/s1. The van der Waals surface area contributed by atoms with E-state index in [0.29, 0.717) is 11.2 Å². The van der Waals surface area contributed by atoms with E-state index in [0.717, 1.165) is 0 Å². The van der Waals surface area contributed by atoms with Gasteiger partial charge in [-0.25, -0.2) is 15.0 Å². The van der Waals surface area contributed by atoms with Crippen LogP contribution in [0.1, 0.15) is 6.23 Å². The highest BCUT2D eigenvalue weighted by atomic mass is 16.7. The van der Waals surface area contributed by atoms with Gasteiger partial charge in [0.15, 0.2) is 17.7 Å². The van der Waals surface area contributed by atoms with Crippen molar-refractivity contribution in [3.8, 4) is 0 Å². The molecule has 3 heterocycles. The molecule has 21 heavy (non-hydrogen) atoms. The Bertz CT molecular complexity index is 657. The summed E-state index contributed by atoms with van der Waals surface area (Å²) in [7, 11) is 1.26. The summed E-state index contributed by atoms with van der Waals surface area (Å²) in [6, 6.07) is 0. The first-order chi connectivity index (χ1) is 10.0. The Labute approximate surface area is 118 Å². The molecular formula is C11H15N5O5. The number of ether oxygens (including phenoxy) is 2. The zero-order valence-electron chi connectivity index (χ0n) is 11.1. The Morgan fingerprint density at radius 1 is 1.43 bits per heavy atom. The minimum Gasteiger partial charge on any atom is -0.391 e. The molecule has 3 rings (SSSR count). The lowest BCUT2D eigenvalue weighted by Gasteiger charge is -2.27. The lowest BCUT2D eigenvalue weighted by Crippen LogP contribution is -2.47. The predicted octanol–water partition coefficient (Wildman–Crippen LogP) is -2.01. The number of hydrogen-bond acceptors (Lipinski definition) is 9. The van der Waals surface area contributed by atoms with E-state index in [4.69, 9.17) is 15.2 Å². The van der Waals surface area contributed by atoms with Gasteiger partial charge in [0.05, 0.1) is 6.33 Å². The van der Waals surface area contributed by atoms with Crippen molar-refractivity contribution >= 4 is 17.0 Å². The lowest BCUT2D eigenvalue weighted by molar-refractivity contribution is -0.269. The molecule has 1 unspecified atom stereocenters. The molecule has 1 saturated heterocycles. The van der Waals surface area contributed by atoms with E-state index in [9.17, 15) is 15.3 Å². The molecule has 1 fully saturated rings. The summed E-state index contributed by atoms with van der Waals surface area (Å²) >= 11 is 0. The zero-order valence-corrected chi connectivity index (χ0v) is 11.1. The van der Waals surface area contributed by atoms with Crippen LogP contribution in [0.5, 0.6) is 0 Å². The number of fused-ring (bicyclic) bond motifs is 1. The summed E-state index contributed by atoms with van der Waals surface area (Å²) in [4.78, 5) is 11.9. The van der Waals surface area contributed by atoms with E-state index in [1.807, 2.05) is 0 Å². The van der Waals surface area contributed by atoms with Crippen molar-refractivity contribution in [2.24, 2.45) is 0 Å². The Hall–Kier alpha value is -1.85. The van der Waals surface area contributed by atoms with Crippen LogP contribution >= 0.6 is 0 Å². The Morgan fingerprint density at radius 2 is 2.19 bits per heavy atom. The second-order valence-corrected chi connectivity index (χ2v) is 4.70. The molecule has 114 valence electrons. The second kappa shape index (κ2) is 4.86. The number of aliphatic hydroxyl groups is 3. The number of aromatic nitrogens is 4. The molecule has 0 aliphatic carbocycles. The molecule has 10 heteroatoms. The molecule has 0 saturated carbocycles. The smallest absolute Gasteiger partial charge is 0.222 e. The third-order valence-corrected chi connectivity index (χ3v) is 3.61. The maximum absolute atomic E-state index is 10.2. The molecule has 2 aromatic rings. The number of nitrogens with two attached hydrogens (primary N) is 1. The number of imidazole rings is 1. The van der Waals surface area contributed by atoms with Crippen LogP contribution in [-0.2, 0) is 9.47 Å². The van der Waals surface area contributed by atoms with Crippen molar-refractivity contribution < 1.29 is 24.8 Å². The van der Waals surface area contributed by atoms with Crippen LogP contribution in [-0.4, -0.2) is 66.6 Å². The third kappa shape index (κ3) is 1.88. The van der Waals surface area contributed by atoms with Gasteiger partial charge in [-0.2, -0.15) is 0 Å². The van der Waals surface area contributed by atoms with E-state index in [1.54, 1.807) is 0 Å². The van der Waals surface area contributed by atoms with Crippen LogP contribution in [0.15, 0.2) is 12.7 Å². The third-order valence-electron chi connectivity index (χ3n) is 3.61. The van der Waals surface area contributed by atoms with Crippen molar-refractivity contribution in [2.45, 2.75) is 24.2 Å². The monoisotopic (exact) mass is 297 g/mol. The van der Waals surface area contributed by atoms with Gasteiger partial charge in [-0.05, 0) is 0 Å². The van der Waals surface area contributed by atoms with Gasteiger partial charge >= 0.3 is 0 Å². The van der Waals surface area contributed by atoms with Gasteiger partial charge < -0.3 is 30.5 Å². The van der Waals surface area contributed by atoms with Gasteiger partial charge in [-0.1, -0.05) is 0 Å². The lowest BCUT2D eigenvalue weighted by atomic mass is 10.1. The summed E-state index contributed by atoms with van der Waals surface area (Å²) in [6.07, 6.45) is -1.20. The molecule has 0 radical (unpaired) electrons. The van der Waals surface area contributed by atoms with E-state index in [2.05, 4.69) is 15.0 Å². The normalized spacial score (nSPS) is 32.9. The molecule has 1 aliphatic heterocycles. The first kappa shape index (κ1) is 14.1. The molecule has 0 amide bonds. The van der Waals surface area contributed by atoms with Crippen molar-refractivity contribution in [3.63, 3.8) is 0 Å². The fourth-order valence-corrected chi connectivity index (χ4v) is 2.40. The summed E-state index contributed by atoms with van der Waals surface area (Å²) in [5.41, 5.74) is 6.38. The fourth-order valence-electron chi connectivity index (χ4n) is 2.40. The molecule has 4 atom stereocenters. The molecular weight excluding hydrogens is 282 g/mol. The van der Waals surface area contributed by atoms with E-state index in [-0.39, 0.29) is 5.82 Å². The Kier molecular flexibility index (Phi) is 3.26. The largest absolute Gasteiger partial charge is 0.391 e. The van der Waals surface area contributed by atoms with Gasteiger partial charge in [-0.15, -0.1) is 0 Å².